The van der Waals surface area contributed by atoms with E-state index in [0.29, 0.717) is 5.56 Å². The molecule has 0 radical (unpaired) electrons. The molecule has 0 spiro atoms. The number of thiophene rings is 1. The number of ether oxygens (including phenoxy) is 1. The zero-order valence-corrected chi connectivity index (χ0v) is 13.7. The first-order chi connectivity index (χ1) is 10.3. The van der Waals surface area contributed by atoms with Crippen LogP contribution in [-0.4, -0.2) is 34.6 Å². The summed E-state index contributed by atoms with van der Waals surface area (Å²) in [5, 5.41) is 25.6. The number of benzene rings is 1. The average Bonchev–Trinajstić information content (AvgIpc) is 2.86. The Morgan fingerprint density at radius 3 is 2.68 bits per heavy atom. The predicted molar refractivity (Wildman–Crippen MR) is 87.0 cm³/mol. The van der Waals surface area contributed by atoms with Gasteiger partial charge in [0, 0.05) is 16.8 Å². The number of carbonyl (C=O) groups is 1. The van der Waals surface area contributed by atoms with E-state index in [4.69, 9.17) is 4.74 Å². The van der Waals surface area contributed by atoms with Crippen LogP contribution in [0.25, 0.3) is 10.1 Å². The molecule has 22 heavy (non-hydrogen) atoms. The third-order valence-electron chi connectivity index (χ3n) is 3.05. The largest absolute Gasteiger partial charge is 0.444 e. The molecule has 1 aromatic heterocycles. The molecule has 3 N–H and O–H groups in total. The molecule has 1 heterocycles. The van der Waals surface area contributed by atoms with Gasteiger partial charge in [-0.3, -0.25) is 0 Å². The van der Waals surface area contributed by atoms with Crippen molar-refractivity contribution in [1.82, 2.24) is 5.32 Å². The van der Waals surface area contributed by atoms with Gasteiger partial charge in [0.2, 0.25) is 0 Å². The van der Waals surface area contributed by atoms with Gasteiger partial charge in [-0.2, -0.15) is 0 Å². The molecule has 120 valence electrons. The fourth-order valence-corrected chi connectivity index (χ4v) is 3.04. The number of hydrogen-bond donors (Lipinski definition) is 3. The number of amides is 1. The van der Waals surface area contributed by atoms with Crippen molar-refractivity contribution < 1.29 is 19.7 Å². The highest BCUT2D eigenvalue weighted by atomic mass is 32.1. The number of rotatable bonds is 4. The number of nitrogens with one attached hydrogen (secondary N) is 1. The minimum atomic E-state index is -1.11. The predicted octanol–water partition coefficient (Wildman–Crippen LogP) is 2.82. The maximum Gasteiger partial charge on any atom is 0.407 e. The summed E-state index contributed by atoms with van der Waals surface area (Å²) < 4.78 is 6.13. The molecule has 0 saturated carbocycles. The summed E-state index contributed by atoms with van der Waals surface area (Å²) in [6.45, 7) is 5.19. The molecule has 2 rings (SSSR count). The number of fused-ring (bicyclic) bond motifs is 1. The van der Waals surface area contributed by atoms with Crippen molar-refractivity contribution in [2.75, 3.05) is 6.54 Å². The molecule has 0 aliphatic rings. The summed E-state index contributed by atoms with van der Waals surface area (Å²) >= 11 is 1.51. The molecule has 0 aliphatic heterocycles. The first kappa shape index (κ1) is 16.7. The zero-order chi connectivity index (χ0) is 16.3. The summed E-state index contributed by atoms with van der Waals surface area (Å²) in [5.41, 5.74) is 0.0658. The maximum atomic E-state index is 11.6. The highest BCUT2D eigenvalue weighted by molar-refractivity contribution is 7.17. The van der Waals surface area contributed by atoms with E-state index in [1.165, 1.54) is 11.3 Å². The molecule has 2 unspecified atom stereocenters. The summed E-state index contributed by atoms with van der Waals surface area (Å²) in [6, 6.07) is 7.67. The van der Waals surface area contributed by atoms with Crippen LogP contribution in [0.2, 0.25) is 0 Å². The molecule has 2 atom stereocenters. The van der Waals surface area contributed by atoms with Crippen LogP contribution in [0.1, 0.15) is 32.4 Å². The number of aliphatic hydroxyl groups is 2. The molecule has 5 nitrogen and oxygen atoms in total. The van der Waals surface area contributed by atoms with Crippen LogP contribution < -0.4 is 5.32 Å². The van der Waals surface area contributed by atoms with Crippen molar-refractivity contribution in [1.29, 1.82) is 0 Å². The van der Waals surface area contributed by atoms with Gasteiger partial charge in [-0.15, -0.1) is 11.3 Å². The van der Waals surface area contributed by atoms with Crippen molar-refractivity contribution >= 4 is 27.5 Å². The summed E-state index contributed by atoms with van der Waals surface area (Å²) in [6.07, 6.45) is -2.79. The minimum absolute atomic E-state index is 0.0831. The lowest BCUT2D eigenvalue weighted by molar-refractivity contribution is 0.0138. The molecule has 0 saturated heterocycles. The van der Waals surface area contributed by atoms with Crippen LogP contribution in [-0.2, 0) is 4.74 Å². The first-order valence-corrected chi connectivity index (χ1v) is 7.95. The maximum absolute atomic E-state index is 11.6. The van der Waals surface area contributed by atoms with E-state index in [2.05, 4.69) is 5.32 Å². The Morgan fingerprint density at radius 2 is 2.00 bits per heavy atom. The van der Waals surface area contributed by atoms with E-state index >= 15 is 0 Å². The lowest BCUT2D eigenvalue weighted by Gasteiger charge is -2.22. The van der Waals surface area contributed by atoms with Gasteiger partial charge < -0.3 is 20.3 Å². The molecule has 0 fully saturated rings. The molecule has 2 aromatic rings. The molecule has 1 amide bonds. The van der Waals surface area contributed by atoms with Gasteiger partial charge in [-0.25, -0.2) is 4.79 Å². The van der Waals surface area contributed by atoms with Crippen LogP contribution in [0.4, 0.5) is 4.79 Å². The topological polar surface area (TPSA) is 78.8 Å². The molecule has 6 heteroatoms. The summed E-state index contributed by atoms with van der Waals surface area (Å²) in [7, 11) is 0. The van der Waals surface area contributed by atoms with Crippen molar-refractivity contribution in [3.05, 3.63) is 35.2 Å². The van der Waals surface area contributed by atoms with Crippen molar-refractivity contribution in [3.8, 4) is 0 Å². The van der Waals surface area contributed by atoms with E-state index in [-0.39, 0.29) is 6.54 Å². The van der Waals surface area contributed by atoms with Crippen LogP contribution in [0.3, 0.4) is 0 Å². The van der Waals surface area contributed by atoms with E-state index in [1.807, 2.05) is 29.6 Å². The fraction of sp³-hybridized carbons (Fsp3) is 0.438. The van der Waals surface area contributed by atoms with Crippen molar-refractivity contribution in [3.63, 3.8) is 0 Å². The molecular weight excluding hydrogens is 302 g/mol. The van der Waals surface area contributed by atoms with Gasteiger partial charge >= 0.3 is 6.09 Å². The van der Waals surface area contributed by atoms with Gasteiger partial charge in [0.25, 0.3) is 0 Å². The van der Waals surface area contributed by atoms with Crippen LogP contribution in [0, 0.1) is 0 Å². The molecule has 0 bridgehead atoms. The number of hydrogen-bond acceptors (Lipinski definition) is 5. The Balaban J connectivity index is 1.98. The lowest BCUT2D eigenvalue weighted by atomic mass is 10.0. The van der Waals surface area contributed by atoms with Crippen LogP contribution in [0.5, 0.6) is 0 Å². The third-order valence-corrected chi connectivity index (χ3v) is 4.03. The van der Waals surface area contributed by atoms with Gasteiger partial charge in [0.05, 0.1) is 0 Å². The Hall–Kier alpha value is -1.63. The molecule has 1 aromatic carbocycles. The second-order valence-electron chi connectivity index (χ2n) is 6.08. The second-order valence-corrected chi connectivity index (χ2v) is 6.99. The average molecular weight is 323 g/mol. The normalized spacial score (nSPS) is 14.6. The van der Waals surface area contributed by atoms with Crippen molar-refractivity contribution in [2.24, 2.45) is 0 Å². The standard InChI is InChI=1S/C16H21NO4S/c1-16(2,3)21-15(20)17-8-12(18)14(19)11-9-22-13-7-5-4-6-10(11)13/h4-7,9,12,14,18-19H,8H2,1-3H3,(H,17,20). The highest BCUT2D eigenvalue weighted by Crippen LogP contribution is 2.31. The number of carbonyl (C=O) groups excluding carboxylic acids is 1. The van der Waals surface area contributed by atoms with Crippen LogP contribution >= 0.6 is 11.3 Å². The smallest absolute Gasteiger partial charge is 0.407 e. The Bertz CT molecular complexity index is 647. The second kappa shape index (κ2) is 6.64. The minimum Gasteiger partial charge on any atom is -0.444 e. The first-order valence-electron chi connectivity index (χ1n) is 7.07. The highest BCUT2D eigenvalue weighted by Gasteiger charge is 2.23. The number of alkyl carbamates (subject to hydrolysis) is 1. The van der Waals surface area contributed by atoms with E-state index in [1.54, 1.807) is 20.8 Å². The van der Waals surface area contributed by atoms with Crippen molar-refractivity contribution in [2.45, 2.75) is 38.6 Å². The van der Waals surface area contributed by atoms with E-state index in [0.717, 1.165) is 10.1 Å². The fourth-order valence-electron chi connectivity index (χ4n) is 2.05. The Morgan fingerprint density at radius 1 is 1.32 bits per heavy atom. The Labute approximate surface area is 133 Å². The lowest BCUT2D eigenvalue weighted by Crippen LogP contribution is -2.38. The zero-order valence-electron chi connectivity index (χ0n) is 12.9. The van der Waals surface area contributed by atoms with Gasteiger partial charge in [-0.1, -0.05) is 18.2 Å². The summed E-state index contributed by atoms with van der Waals surface area (Å²) in [5.74, 6) is 0. The Kier molecular flexibility index (Phi) is 5.05. The van der Waals surface area contributed by atoms with E-state index in [9.17, 15) is 15.0 Å². The third kappa shape index (κ3) is 4.19. The monoisotopic (exact) mass is 323 g/mol. The quantitative estimate of drug-likeness (QED) is 0.808. The van der Waals surface area contributed by atoms with Gasteiger partial charge in [0.1, 0.15) is 17.8 Å². The SMILES string of the molecule is CC(C)(C)OC(=O)NCC(O)C(O)c1csc2ccccc12. The molecular formula is C16H21NO4S. The summed E-state index contributed by atoms with van der Waals surface area (Å²) in [4.78, 5) is 11.6. The van der Waals surface area contributed by atoms with Gasteiger partial charge in [0.15, 0.2) is 0 Å². The van der Waals surface area contributed by atoms with E-state index < -0.39 is 23.9 Å². The number of aliphatic hydroxyl groups excluding tert-OH is 2. The van der Waals surface area contributed by atoms with Gasteiger partial charge in [-0.05, 0) is 37.6 Å². The molecule has 0 aliphatic carbocycles. The van der Waals surface area contributed by atoms with Crippen LogP contribution in [0.15, 0.2) is 29.6 Å².